The highest BCUT2D eigenvalue weighted by Gasteiger charge is 2.32. The van der Waals surface area contributed by atoms with Gasteiger partial charge in [-0.25, -0.2) is 4.39 Å². The van der Waals surface area contributed by atoms with Gasteiger partial charge >= 0.3 is 0 Å². The lowest BCUT2D eigenvalue weighted by Gasteiger charge is -2.47. The molecule has 0 spiro atoms. The molecule has 3 rings (SSSR count). The molecule has 0 aliphatic carbocycles. The van der Waals surface area contributed by atoms with E-state index in [1.54, 1.807) is 12.1 Å². The largest absolute Gasteiger partial charge is 0.396 e. The first-order valence-electron chi connectivity index (χ1n) is 9.85. The van der Waals surface area contributed by atoms with Crippen LogP contribution in [0.3, 0.4) is 0 Å². The van der Waals surface area contributed by atoms with Crippen molar-refractivity contribution < 1.29 is 9.50 Å². The van der Waals surface area contributed by atoms with Crippen molar-refractivity contribution in [3.8, 4) is 0 Å². The Morgan fingerprint density at radius 1 is 1.12 bits per heavy atom. The summed E-state index contributed by atoms with van der Waals surface area (Å²) in [7, 11) is 2.20. The van der Waals surface area contributed by atoms with Crippen molar-refractivity contribution in [2.24, 2.45) is 0 Å². The lowest BCUT2D eigenvalue weighted by molar-refractivity contribution is 0.0122. The summed E-state index contributed by atoms with van der Waals surface area (Å²) in [5.74, 6) is -0.195. The molecular formula is C21H32FN3O. The maximum absolute atomic E-state index is 13.0. The smallest absolute Gasteiger partial charge is 0.123 e. The molecule has 4 nitrogen and oxygen atoms in total. The highest BCUT2D eigenvalue weighted by molar-refractivity contribution is 5.48. The quantitative estimate of drug-likeness (QED) is 0.842. The molecule has 1 aromatic carbocycles. The van der Waals surface area contributed by atoms with Gasteiger partial charge < -0.3 is 10.0 Å². The lowest BCUT2D eigenvalue weighted by atomic mass is 9.98. The van der Waals surface area contributed by atoms with Crippen LogP contribution in [0.1, 0.15) is 24.8 Å². The Hall–Kier alpha value is -1.27. The summed E-state index contributed by atoms with van der Waals surface area (Å²) in [6.45, 7) is 6.69. The monoisotopic (exact) mass is 361 g/mol. The van der Waals surface area contributed by atoms with E-state index in [4.69, 9.17) is 0 Å². The highest BCUT2D eigenvalue weighted by atomic mass is 19.1. The molecule has 2 saturated heterocycles. The van der Waals surface area contributed by atoms with Gasteiger partial charge in [0, 0.05) is 44.9 Å². The van der Waals surface area contributed by atoms with Crippen molar-refractivity contribution in [1.29, 1.82) is 0 Å². The summed E-state index contributed by atoms with van der Waals surface area (Å²) in [6, 6.07) is 7.71. The number of aliphatic hydroxyl groups excluding tert-OH is 1. The van der Waals surface area contributed by atoms with E-state index in [-0.39, 0.29) is 12.4 Å². The molecular weight excluding hydrogens is 329 g/mol. The van der Waals surface area contributed by atoms with Crippen LogP contribution in [0.25, 0.3) is 6.08 Å². The van der Waals surface area contributed by atoms with E-state index in [0.717, 1.165) is 38.2 Å². The number of likely N-dealkylation sites (tertiary alicyclic amines) is 1. The minimum absolute atomic E-state index is 0.195. The van der Waals surface area contributed by atoms with E-state index in [1.165, 1.54) is 38.1 Å². The van der Waals surface area contributed by atoms with Crippen LogP contribution < -0.4 is 0 Å². The van der Waals surface area contributed by atoms with E-state index in [2.05, 4.69) is 33.9 Å². The van der Waals surface area contributed by atoms with Crippen LogP contribution in [0.15, 0.2) is 30.3 Å². The second-order valence-electron chi connectivity index (χ2n) is 7.65. The summed E-state index contributed by atoms with van der Waals surface area (Å²) in [4.78, 5) is 7.53. The molecule has 2 fully saturated rings. The van der Waals surface area contributed by atoms with Crippen molar-refractivity contribution in [3.63, 3.8) is 0 Å². The maximum atomic E-state index is 13.0. The second kappa shape index (κ2) is 9.60. The number of piperidine rings is 1. The number of rotatable bonds is 6. The Morgan fingerprint density at radius 2 is 1.85 bits per heavy atom. The van der Waals surface area contributed by atoms with Crippen molar-refractivity contribution >= 4 is 6.08 Å². The van der Waals surface area contributed by atoms with Gasteiger partial charge in [-0.15, -0.1) is 0 Å². The zero-order valence-electron chi connectivity index (χ0n) is 15.9. The summed E-state index contributed by atoms with van der Waals surface area (Å²) in [5.41, 5.74) is 1.03. The fourth-order valence-corrected chi connectivity index (χ4v) is 4.22. The summed E-state index contributed by atoms with van der Waals surface area (Å²) >= 11 is 0. The van der Waals surface area contributed by atoms with Crippen LogP contribution in [0, 0.1) is 5.82 Å². The average molecular weight is 362 g/mol. The SMILES string of the molecule is CN1CCC(N2CCN(C/C=C/c3ccc(F)cc3)C[C@@H]2CCO)CC1. The third-order valence-electron chi connectivity index (χ3n) is 5.78. The van der Waals surface area contributed by atoms with E-state index in [9.17, 15) is 9.50 Å². The summed E-state index contributed by atoms with van der Waals surface area (Å²) < 4.78 is 13.0. The summed E-state index contributed by atoms with van der Waals surface area (Å²) in [5, 5.41) is 9.51. The van der Waals surface area contributed by atoms with Crippen molar-refractivity contribution in [2.45, 2.75) is 31.3 Å². The molecule has 0 radical (unpaired) electrons. The van der Waals surface area contributed by atoms with Crippen LogP contribution in [-0.4, -0.2) is 84.8 Å². The van der Waals surface area contributed by atoms with Gasteiger partial charge in [0.05, 0.1) is 0 Å². The molecule has 1 atom stereocenters. The Morgan fingerprint density at radius 3 is 2.54 bits per heavy atom. The third-order valence-corrected chi connectivity index (χ3v) is 5.78. The van der Waals surface area contributed by atoms with Crippen LogP contribution in [0.2, 0.25) is 0 Å². The fourth-order valence-electron chi connectivity index (χ4n) is 4.22. The number of piperazine rings is 1. The first-order chi connectivity index (χ1) is 12.7. The fraction of sp³-hybridized carbons (Fsp3) is 0.619. The van der Waals surface area contributed by atoms with Gasteiger partial charge in [0.1, 0.15) is 5.82 Å². The van der Waals surface area contributed by atoms with Crippen LogP contribution in [-0.2, 0) is 0 Å². The van der Waals surface area contributed by atoms with Gasteiger partial charge in [-0.05, 0) is 57.1 Å². The van der Waals surface area contributed by atoms with Gasteiger partial charge in [-0.2, -0.15) is 0 Å². The average Bonchev–Trinajstić information content (AvgIpc) is 2.65. The normalized spacial score (nSPS) is 24.5. The lowest BCUT2D eigenvalue weighted by Crippen LogP contribution is -2.58. The second-order valence-corrected chi connectivity index (χ2v) is 7.65. The first-order valence-corrected chi connectivity index (χ1v) is 9.85. The summed E-state index contributed by atoms with van der Waals surface area (Å²) in [6.07, 6.45) is 7.55. The zero-order valence-corrected chi connectivity index (χ0v) is 15.9. The van der Waals surface area contributed by atoms with Gasteiger partial charge in [-0.3, -0.25) is 9.80 Å². The van der Waals surface area contributed by atoms with Crippen molar-refractivity contribution in [2.75, 3.05) is 52.9 Å². The molecule has 1 N–H and O–H groups in total. The van der Waals surface area contributed by atoms with Gasteiger partial charge in [0.25, 0.3) is 0 Å². The van der Waals surface area contributed by atoms with E-state index >= 15 is 0 Å². The molecule has 0 aromatic heterocycles. The Balaban J connectivity index is 1.52. The first kappa shape index (κ1) is 19.5. The predicted molar refractivity (Wildman–Crippen MR) is 105 cm³/mol. The molecule has 144 valence electrons. The number of aliphatic hydroxyl groups is 1. The van der Waals surface area contributed by atoms with Gasteiger partial charge in [-0.1, -0.05) is 24.3 Å². The number of hydrogen-bond donors (Lipinski definition) is 1. The minimum atomic E-state index is -0.195. The van der Waals surface area contributed by atoms with Gasteiger partial charge in [0.2, 0.25) is 0 Å². The van der Waals surface area contributed by atoms with Crippen LogP contribution in [0.5, 0.6) is 0 Å². The molecule has 0 amide bonds. The van der Waals surface area contributed by atoms with Crippen LogP contribution >= 0.6 is 0 Å². The van der Waals surface area contributed by atoms with Crippen LogP contribution in [0.4, 0.5) is 4.39 Å². The number of benzene rings is 1. The van der Waals surface area contributed by atoms with Crippen molar-refractivity contribution in [1.82, 2.24) is 14.7 Å². The third kappa shape index (κ3) is 5.36. The van der Waals surface area contributed by atoms with E-state index in [0.29, 0.717) is 12.1 Å². The van der Waals surface area contributed by atoms with E-state index in [1.807, 2.05) is 0 Å². The Kier molecular flexibility index (Phi) is 7.20. The number of halogens is 1. The van der Waals surface area contributed by atoms with Gasteiger partial charge in [0.15, 0.2) is 0 Å². The Bertz CT molecular complexity index is 569. The maximum Gasteiger partial charge on any atom is 0.123 e. The minimum Gasteiger partial charge on any atom is -0.396 e. The molecule has 2 aliphatic rings. The Labute approximate surface area is 156 Å². The van der Waals surface area contributed by atoms with Crippen molar-refractivity contribution in [3.05, 3.63) is 41.7 Å². The molecule has 0 bridgehead atoms. The molecule has 5 heteroatoms. The topological polar surface area (TPSA) is 30.0 Å². The molecule has 1 aromatic rings. The number of nitrogens with zero attached hydrogens (tertiary/aromatic N) is 3. The highest BCUT2D eigenvalue weighted by Crippen LogP contribution is 2.23. The molecule has 0 saturated carbocycles. The zero-order chi connectivity index (χ0) is 18.4. The standard InChI is InChI=1S/C21H32FN3O/c1-23-12-8-20(9-13-23)25-15-14-24(17-21(25)10-16-26)11-2-3-18-4-6-19(22)7-5-18/h2-7,20-21,26H,8-17H2,1H3/b3-2+/t21-/m0/s1. The molecule has 2 heterocycles. The predicted octanol–water partition coefficient (Wildman–Crippen LogP) is 2.30. The molecule has 26 heavy (non-hydrogen) atoms. The molecule has 0 unspecified atom stereocenters. The van der Waals surface area contributed by atoms with E-state index < -0.39 is 0 Å². The number of hydrogen-bond acceptors (Lipinski definition) is 4. The molecule has 2 aliphatic heterocycles.